The maximum Gasteiger partial charge on any atom is 0.324 e. The molecule has 2 aliphatic rings. The van der Waals surface area contributed by atoms with Crippen molar-refractivity contribution in [3.63, 3.8) is 0 Å². The van der Waals surface area contributed by atoms with Crippen LogP contribution in [0.4, 0.5) is 16.2 Å². The smallest absolute Gasteiger partial charge is 0.324 e. The molecule has 1 saturated carbocycles. The van der Waals surface area contributed by atoms with Crippen molar-refractivity contribution < 1.29 is 9.59 Å². The molecule has 4 rings (SSSR count). The van der Waals surface area contributed by atoms with Gasteiger partial charge in [-0.3, -0.25) is 9.69 Å². The quantitative estimate of drug-likeness (QED) is 0.672. The Hall–Kier alpha value is -2.24. The summed E-state index contributed by atoms with van der Waals surface area (Å²) in [7, 11) is 0. The fourth-order valence-corrected chi connectivity index (χ4v) is 4.08. The average Bonchev–Trinajstić information content (AvgIpc) is 2.64. The van der Waals surface area contributed by atoms with Crippen molar-refractivity contribution in [2.24, 2.45) is 5.92 Å². The predicted octanol–water partition coefficient (Wildman–Crippen LogP) is 5.56. The molecule has 29 heavy (non-hydrogen) atoms. The largest absolute Gasteiger partial charge is 0.324 e. The maximum atomic E-state index is 13.1. The van der Waals surface area contributed by atoms with Crippen LogP contribution >= 0.6 is 23.2 Å². The Morgan fingerprint density at radius 3 is 2.62 bits per heavy atom. The van der Waals surface area contributed by atoms with Gasteiger partial charge >= 0.3 is 6.03 Å². The van der Waals surface area contributed by atoms with E-state index in [-0.39, 0.29) is 17.9 Å². The molecule has 7 heteroatoms. The Labute approximate surface area is 180 Å². The minimum absolute atomic E-state index is 0.00264. The molecule has 2 aromatic rings. The fourth-order valence-electron chi connectivity index (χ4n) is 3.71. The van der Waals surface area contributed by atoms with Gasteiger partial charge in [-0.25, -0.2) is 4.79 Å². The van der Waals surface area contributed by atoms with Gasteiger partial charge in [0.15, 0.2) is 0 Å². The van der Waals surface area contributed by atoms with Crippen LogP contribution in [0.3, 0.4) is 0 Å². The van der Waals surface area contributed by atoms with Gasteiger partial charge in [0, 0.05) is 36.3 Å². The monoisotopic (exact) mass is 431 g/mol. The normalized spacial score (nSPS) is 17.2. The highest BCUT2D eigenvalue weighted by Crippen LogP contribution is 2.32. The first-order valence-electron chi connectivity index (χ1n) is 9.92. The summed E-state index contributed by atoms with van der Waals surface area (Å²) in [4.78, 5) is 29.0. The number of anilines is 2. The highest BCUT2D eigenvalue weighted by Gasteiger charge is 2.28. The van der Waals surface area contributed by atoms with Gasteiger partial charge in [-0.15, -0.1) is 0 Å². The number of benzene rings is 2. The first-order chi connectivity index (χ1) is 14.0. The first kappa shape index (κ1) is 20.0. The van der Waals surface area contributed by atoms with Gasteiger partial charge in [0.05, 0.1) is 10.7 Å². The van der Waals surface area contributed by atoms with Gasteiger partial charge in [0.25, 0.3) is 0 Å². The summed E-state index contributed by atoms with van der Waals surface area (Å²) in [5, 5.41) is 4.06. The van der Waals surface area contributed by atoms with Crippen molar-refractivity contribution in [2.45, 2.75) is 32.2 Å². The van der Waals surface area contributed by atoms with Crippen LogP contribution < -0.4 is 10.2 Å². The zero-order valence-electron chi connectivity index (χ0n) is 16.0. The Balaban J connectivity index is 1.50. The second-order valence-corrected chi connectivity index (χ2v) is 8.46. The van der Waals surface area contributed by atoms with Gasteiger partial charge in [-0.05, 0) is 55.2 Å². The Kier molecular flexibility index (Phi) is 5.97. The van der Waals surface area contributed by atoms with Crippen LogP contribution in [0, 0.1) is 5.92 Å². The van der Waals surface area contributed by atoms with Crippen molar-refractivity contribution in [3.05, 3.63) is 58.1 Å². The number of hydrogen-bond donors (Lipinski definition) is 1. The number of rotatable bonds is 5. The summed E-state index contributed by atoms with van der Waals surface area (Å²) >= 11 is 12.4. The molecule has 0 aromatic heterocycles. The van der Waals surface area contributed by atoms with Crippen molar-refractivity contribution in [1.29, 1.82) is 0 Å². The molecule has 1 heterocycles. The minimum Gasteiger partial charge on any atom is -0.324 e. The lowest BCUT2D eigenvalue weighted by Crippen LogP contribution is -2.49. The van der Waals surface area contributed by atoms with Gasteiger partial charge in [-0.1, -0.05) is 41.8 Å². The number of amides is 3. The van der Waals surface area contributed by atoms with Crippen LogP contribution in [0.2, 0.25) is 10.0 Å². The number of nitrogens with zero attached hydrogens (tertiary/aromatic N) is 2. The SMILES string of the molecule is O=C(Nc1cc(N2CCCN(Cc3cccc(Cl)c3)C2=O)ccc1Cl)C1CCC1. The molecule has 1 aliphatic carbocycles. The number of carbonyl (C=O) groups is 2. The summed E-state index contributed by atoms with van der Waals surface area (Å²) in [5.74, 6) is 0.0717. The molecule has 0 spiro atoms. The molecule has 1 aliphatic heterocycles. The van der Waals surface area contributed by atoms with Crippen molar-refractivity contribution in [2.75, 3.05) is 23.3 Å². The van der Waals surface area contributed by atoms with E-state index in [0.29, 0.717) is 35.4 Å². The third-order valence-electron chi connectivity index (χ3n) is 5.57. The van der Waals surface area contributed by atoms with Crippen LogP contribution in [0.1, 0.15) is 31.2 Å². The molecule has 2 fully saturated rings. The Bertz CT molecular complexity index is 930. The van der Waals surface area contributed by atoms with Gasteiger partial charge < -0.3 is 10.2 Å². The third kappa shape index (κ3) is 4.51. The lowest BCUT2D eigenvalue weighted by Gasteiger charge is -2.36. The molecular weight excluding hydrogens is 409 g/mol. The molecule has 2 aromatic carbocycles. The van der Waals surface area contributed by atoms with Crippen LogP contribution in [0.25, 0.3) is 0 Å². The number of hydrogen-bond acceptors (Lipinski definition) is 2. The topological polar surface area (TPSA) is 52.7 Å². The summed E-state index contributed by atoms with van der Waals surface area (Å²) in [5.41, 5.74) is 2.29. The molecule has 0 bridgehead atoms. The molecule has 0 atom stereocenters. The molecule has 5 nitrogen and oxygen atoms in total. The molecule has 0 unspecified atom stereocenters. The van der Waals surface area contributed by atoms with Gasteiger partial charge in [-0.2, -0.15) is 0 Å². The number of nitrogens with one attached hydrogen (secondary N) is 1. The summed E-state index contributed by atoms with van der Waals surface area (Å²) < 4.78 is 0. The van der Waals surface area contributed by atoms with Gasteiger partial charge in [0.2, 0.25) is 5.91 Å². The highest BCUT2D eigenvalue weighted by atomic mass is 35.5. The maximum absolute atomic E-state index is 13.1. The number of carbonyl (C=O) groups excluding carboxylic acids is 2. The van der Waals surface area contributed by atoms with E-state index in [1.54, 1.807) is 17.0 Å². The molecule has 3 amide bonds. The van der Waals surface area contributed by atoms with Crippen LogP contribution in [0.15, 0.2) is 42.5 Å². The van der Waals surface area contributed by atoms with E-state index in [9.17, 15) is 9.59 Å². The Morgan fingerprint density at radius 2 is 1.90 bits per heavy atom. The van der Waals surface area contributed by atoms with Crippen molar-refractivity contribution >= 4 is 46.5 Å². The lowest BCUT2D eigenvalue weighted by atomic mass is 9.85. The average molecular weight is 432 g/mol. The van der Waals surface area contributed by atoms with E-state index < -0.39 is 0 Å². The second kappa shape index (κ2) is 8.64. The van der Waals surface area contributed by atoms with E-state index in [1.807, 2.05) is 35.2 Å². The van der Waals surface area contributed by atoms with Crippen LogP contribution in [-0.4, -0.2) is 29.9 Å². The minimum atomic E-state index is -0.0604. The van der Waals surface area contributed by atoms with E-state index in [4.69, 9.17) is 23.2 Å². The molecule has 1 N–H and O–H groups in total. The molecular formula is C22H23Cl2N3O2. The van der Waals surface area contributed by atoms with Crippen molar-refractivity contribution in [3.8, 4) is 0 Å². The molecule has 1 saturated heterocycles. The zero-order valence-corrected chi connectivity index (χ0v) is 17.5. The Morgan fingerprint density at radius 1 is 1.07 bits per heavy atom. The van der Waals surface area contributed by atoms with Gasteiger partial charge in [0.1, 0.15) is 0 Å². The summed E-state index contributed by atoms with van der Waals surface area (Å²) in [6.45, 7) is 1.83. The third-order valence-corrected chi connectivity index (χ3v) is 6.13. The lowest BCUT2D eigenvalue weighted by molar-refractivity contribution is -0.122. The van der Waals surface area contributed by atoms with Crippen molar-refractivity contribution in [1.82, 2.24) is 4.90 Å². The zero-order chi connectivity index (χ0) is 20.4. The van der Waals surface area contributed by atoms with E-state index in [1.165, 1.54) is 0 Å². The van der Waals surface area contributed by atoms with E-state index in [2.05, 4.69) is 5.32 Å². The van der Waals surface area contributed by atoms with E-state index >= 15 is 0 Å². The van der Waals surface area contributed by atoms with E-state index in [0.717, 1.165) is 36.9 Å². The molecule has 0 radical (unpaired) electrons. The standard InChI is InChI=1S/C22H23Cl2N3O2/c23-17-7-1-4-15(12-17)14-26-10-3-11-27(22(26)29)18-8-9-19(24)20(13-18)25-21(28)16-5-2-6-16/h1,4,7-9,12-13,16H,2-3,5-6,10-11,14H2,(H,25,28). The first-order valence-corrected chi connectivity index (χ1v) is 10.7. The van der Waals surface area contributed by atoms with Crippen LogP contribution in [0.5, 0.6) is 0 Å². The number of urea groups is 1. The predicted molar refractivity (Wildman–Crippen MR) is 117 cm³/mol. The fraction of sp³-hybridized carbons (Fsp3) is 0.364. The summed E-state index contributed by atoms with van der Waals surface area (Å²) in [6, 6.07) is 12.8. The molecule has 152 valence electrons. The second-order valence-electron chi connectivity index (χ2n) is 7.62. The number of halogens is 2. The van der Waals surface area contributed by atoms with Crippen LogP contribution in [-0.2, 0) is 11.3 Å². The highest BCUT2D eigenvalue weighted by molar-refractivity contribution is 6.34. The summed E-state index contributed by atoms with van der Waals surface area (Å²) in [6.07, 6.45) is 3.80.